The second kappa shape index (κ2) is 10.8. The lowest BCUT2D eigenvalue weighted by atomic mass is 10.0. The first kappa shape index (κ1) is 25.0. The molecule has 2 aromatic heterocycles. The van der Waals surface area contributed by atoms with Gasteiger partial charge in [-0.3, -0.25) is 4.79 Å². The van der Waals surface area contributed by atoms with E-state index in [0.717, 1.165) is 21.7 Å². The normalized spacial score (nSPS) is 15.1. The summed E-state index contributed by atoms with van der Waals surface area (Å²) in [6.45, 7) is 0.257. The Kier molecular flexibility index (Phi) is 7.48. The average molecular weight is 561 g/mol. The van der Waals surface area contributed by atoms with E-state index in [1.54, 1.807) is 22.9 Å². The molecule has 0 aliphatic carbocycles. The van der Waals surface area contributed by atoms with E-state index in [2.05, 4.69) is 10.4 Å². The Balaban J connectivity index is 1.62. The summed E-state index contributed by atoms with van der Waals surface area (Å²) in [5.74, 6) is -0.429. The van der Waals surface area contributed by atoms with Crippen molar-refractivity contribution in [3.8, 4) is 5.69 Å². The summed E-state index contributed by atoms with van der Waals surface area (Å²) < 4.78 is 8.19. The lowest BCUT2D eigenvalue weighted by Gasteiger charge is -2.20. The lowest BCUT2D eigenvalue weighted by Crippen LogP contribution is -2.32. The topological polar surface area (TPSA) is 76.4 Å². The van der Waals surface area contributed by atoms with Gasteiger partial charge in [0.2, 0.25) is 0 Å². The monoisotopic (exact) mass is 559 g/mol. The number of fused-ring (bicyclic) bond motifs is 1. The van der Waals surface area contributed by atoms with Gasteiger partial charge in [0.25, 0.3) is 5.91 Å². The van der Waals surface area contributed by atoms with Crippen molar-refractivity contribution < 1.29 is 14.6 Å². The first-order valence-corrected chi connectivity index (χ1v) is 13.0. The summed E-state index contributed by atoms with van der Waals surface area (Å²) in [6.07, 6.45) is 1.97. The van der Waals surface area contributed by atoms with Gasteiger partial charge in [0.1, 0.15) is 0 Å². The first-order chi connectivity index (χ1) is 17.4. The van der Waals surface area contributed by atoms with Crippen LogP contribution in [0.2, 0.25) is 14.4 Å². The standard InChI is InChI=1S/C26H20Cl3N3O3S/c27-17-6-8-22(20(28)11-17)32-25-16(10-18-7-9-23(29)36-18)13-35-14-19(25)24(31-32)26(34)30-21(12-33)15-4-2-1-3-5-15/h1-11,21,33H,12-14H2,(H,30,34)/b16-10+/t21-/m1/s1. The number of aromatic nitrogens is 2. The highest BCUT2D eigenvalue weighted by molar-refractivity contribution is 7.17. The van der Waals surface area contributed by atoms with E-state index in [9.17, 15) is 9.90 Å². The molecule has 0 radical (unpaired) electrons. The van der Waals surface area contributed by atoms with Crippen LogP contribution in [-0.4, -0.2) is 34.0 Å². The van der Waals surface area contributed by atoms with Crippen molar-refractivity contribution in [1.29, 1.82) is 0 Å². The molecular formula is C26H20Cl3N3O3S. The minimum absolute atomic E-state index is 0.195. The predicted octanol–water partition coefficient (Wildman–Crippen LogP) is 6.43. The van der Waals surface area contributed by atoms with E-state index in [4.69, 9.17) is 39.5 Å². The third-order valence-corrected chi connectivity index (χ3v) is 7.46. The van der Waals surface area contributed by atoms with Gasteiger partial charge in [-0.15, -0.1) is 11.3 Å². The van der Waals surface area contributed by atoms with Crippen molar-refractivity contribution in [1.82, 2.24) is 15.1 Å². The van der Waals surface area contributed by atoms with Crippen molar-refractivity contribution >= 4 is 63.7 Å². The summed E-state index contributed by atoms with van der Waals surface area (Å²) in [6, 6.07) is 17.5. The summed E-state index contributed by atoms with van der Waals surface area (Å²) in [4.78, 5) is 14.4. The van der Waals surface area contributed by atoms with Crippen LogP contribution in [0, 0.1) is 0 Å². The third kappa shape index (κ3) is 5.09. The average Bonchev–Trinajstić information content (AvgIpc) is 3.47. The van der Waals surface area contributed by atoms with Crippen molar-refractivity contribution in [2.75, 3.05) is 13.2 Å². The number of aliphatic hydroxyl groups excluding tert-OH is 1. The second-order valence-corrected chi connectivity index (χ2v) is 10.7. The predicted molar refractivity (Wildman–Crippen MR) is 144 cm³/mol. The minimum Gasteiger partial charge on any atom is -0.394 e. The van der Waals surface area contributed by atoms with E-state index < -0.39 is 11.9 Å². The van der Waals surface area contributed by atoms with E-state index >= 15 is 0 Å². The zero-order valence-electron chi connectivity index (χ0n) is 18.7. The van der Waals surface area contributed by atoms with Gasteiger partial charge in [0.15, 0.2) is 5.69 Å². The van der Waals surface area contributed by atoms with Crippen LogP contribution in [0.25, 0.3) is 17.3 Å². The summed E-state index contributed by atoms with van der Waals surface area (Å²) in [5, 5.41) is 18.4. The van der Waals surface area contributed by atoms with Crippen LogP contribution < -0.4 is 5.32 Å². The van der Waals surface area contributed by atoms with Gasteiger partial charge in [0.05, 0.1) is 46.6 Å². The van der Waals surface area contributed by atoms with Crippen LogP contribution in [0.4, 0.5) is 0 Å². The van der Waals surface area contributed by atoms with Crippen LogP contribution in [0.15, 0.2) is 60.7 Å². The summed E-state index contributed by atoms with van der Waals surface area (Å²) >= 11 is 20.3. The van der Waals surface area contributed by atoms with Crippen LogP contribution >= 0.6 is 46.1 Å². The number of halogens is 3. The van der Waals surface area contributed by atoms with Crippen LogP contribution in [-0.2, 0) is 11.3 Å². The Hall–Kier alpha value is -2.65. The number of hydrogen-bond donors (Lipinski definition) is 2. The Morgan fingerprint density at radius 3 is 2.64 bits per heavy atom. The number of benzene rings is 2. The largest absolute Gasteiger partial charge is 0.394 e. The Morgan fingerprint density at radius 1 is 1.14 bits per heavy atom. The van der Waals surface area contributed by atoms with Crippen LogP contribution in [0.1, 0.15) is 38.2 Å². The first-order valence-electron chi connectivity index (χ1n) is 11.0. The smallest absolute Gasteiger partial charge is 0.272 e. The van der Waals surface area contributed by atoms with Crippen molar-refractivity contribution in [2.45, 2.75) is 12.6 Å². The molecule has 0 saturated carbocycles. The molecule has 184 valence electrons. The number of hydrogen-bond acceptors (Lipinski definition) is 5. The van der Waals surface area contributed by atoms with Gasteiger partial charge in [-0.2, -0.15) is 5.10 Å². The molecule has 36 heavy (non-hydrogen) atoms. The fraction of sp³-hybridized carbons (Fsp3) is 0.154. The van der Waals surface area contributed by atoms with Crippen molar-refractivity contribution in [3.05, 3.63) is 102 Å². The zero-order valence-corrected chi connectivity index (χ0v) is 21.8. The molecule has 0 spiro atoms. The summed E-state index contributed by atoms with van der Waals surface area (Å²) in [7, 11) is 0. The van der Waals surface area contributed by atoms with Crippen molar-refractivity contribution in [3.63, 3.8) is 0 Å². The number of ether oxygens (including phenoxy) is 1. The Labute approximate surface area is 226 Å². The zero-order chi connectivity index (χ0) is 25.2. The number of aliphatic hydroxyl groups is 1. The maximum Gasteiger partial charge on any atom is 0.272 e. The van der Waals surface area contributed by atoms with Gasteiger partial charge in [-0.05, 0) is 42.0 Å². The van der Waals surface area contributed by atoms with Crippen LogP contribution in [0.5, 0.6) is 0 Å². The SMILES string of the molecule is O=C(N[C@H](CO)c1ccccc1)c1nn(-c2ccc(Cl)cc2Cl)c2c1COC/C2=C\c1ccc(Cl)s1. The van der Waals surface area contributed by atoms with Gasteiger partial charge in [-0.25, -0.2) is 4.68 Å². The van der Waals surface area contributed by atoms with E-state index in [1.807, 2.05) is 48.5 Å². The highest BCUT2D eigenvalue weighted by atomic mass is 35.5. The fourth-order valence-corrected chi connectivity index (χ4v) is 5.61. The molecule has 1 amide bonds. The number of carbonyl (C=O) groups excluding carboxylic acids is 1. The molecule has 0 bridgehead atoms. The molecule has 5 rings (SSSR count). The minimum atomic E-state index is -0.591. The summed E-state index contributed by atoms with van der Waals surface area (Å²) in [5.41, 5.74) is 3.74. The maximum absolute atomic E-state index is 13.5. The van der Waals surface area contributed by atoms with E-state index in [-0.39, 0.29) is 18.9 Å². The third-order valence-electron chi connectivity index (χ3n) is 5.74. The van der Waals surface area contributed by atoms with Gasteiger partial charge < -0.3 is 15.2 Å². The van der Waals surface area contributed by atoms with Crippen LogP contribution in [0.3, 0.4) is 0 Å². The molecule has 3 heterocycles. The molecule has 10 heteroatoms. The molecule has 1 aliphatic heterocycles. The van der Waals surface area contributed by atoms with Gasteiger partial charge in [-0.1, -0.05) is 65.1 Å². The molecule has 2 aromatic carbocycles. The molecule has 6 nitrogen and oxygen atoms in total. The molecule has 1 aliphatic rings. The molecule has 0 fully saturated rings. The number of nitrogens with zero attached hydrogens (tertiary/aromatic N) is 2. The number of carbonyl (C=O) groups is 1. The second-order valence-electron chi connectivity index (χ2n) is 8.11. The molecule has 1 atom stereocenters. The quantitative estimate of drug-likeness (QED) is 0.285. The Morgan fingerprint density at radius 2 is 1.94 bits per heavy atom. The molecule has 0 saturated heterocycles. The highest BCUT2D eigenvalue weighted by Gasteiger charge is 2.30. The van der Waals surface area contributed by atoms with E-state index in [1.165, 1.54) is 11.3 Å². The fourth-order valence-electron chi connectivity index (χ4n) is 4.09. The van der Waals surface area contributed by atoms with E-state index in [0.29, 0.717) is 32.2 Å². The maximum atomic E-state index is 13.5. The number of amides is 1. The highest BCUT2D eigenvalue weighted by Crippen LogP contribution is 2.36. The number of rotatable bonds is 6. The lowest BCUT2D eigenvalue weighted by molar-refractivity contribution is 0.0903. The Bertz CT molecular complexity index is 1450. The number of nitrogens with one attached hydrogen (secondary N) is 1. The van der Waals surface area contributed by atoms with Gasteiger partial charge >= 0.3 is 0 Å². The van der Waals surface area contributed by atoms with Crippen molar-refractivity contribution in [2.24, 2.45) is 0 Å². The molecule has 2 N–H and O–H groups in total. The number of thiophene rings is 1. The molecular weight excluding hydrogens is 541 g/mol. The molecule has 4 aromatic rings. The molecule has 0 unspecified atom stereocenters. The van der Waals surface area contributed by atoms with Gasteiger partial charge in [0, 0.05) is 21.0 Å².